The van der Waals surface area contributed by atoms with Crippen molar-refractivity contribution < 1.29 is 14.6 Å². The molecule has 3 nitrogen and oxygen atoms in total. The predicted octanol–water partition coefficient (Wildman–Crippen LogP) is 3.58. The lowest BCUT2D eigenvalue weighted by Gasteiger charge is -2.11. The number of hydrogen-bond donors (Lipinski definition) is 1. The highest BCUT2D eigenvalue weighted by atomic mass is 16.5. The number of carbonyl (C=O) groups is 1. The van der Waals surface area contributed by atoms with Crippen LogP contribution in [0, 0.1) is 13.8 Å². The minimum absolute atomic E-state index is 0.202. The number of carboxylic acids is 1. The average molecular weight is 256 g/mol. The summed E-state index contributed by atoms with van der Waals surface area (Å²) in [4.78, 5) is 11.2. The topological polar surface area (TPSA) is 46.5 Å². The van der Waals surface area contributed by atoms with E-state index in [1.807, 2.05) is 44.2 Å². The molecule has 0 radical (unpaired) electrons. The molecular weight excluding hydrogens is 240 g/mol. The summed E-state index contributed by atoms with van der Waals surface area (Å²) in [6, 6.07) is 13.1. The maximum Gasteiger partial charge on any atom is 0.339 e. The van der Waals surface area contributed by atoms with Crippen molar-refractivity contribution in [3.63, 3.8) is 0 Å². The first kappa shape index (κ1) is 13.1. The number of carboxylic acid groups (broad SMARTS) is 1. The van der Waals surface area contributed by atoms with Gasteiger partial charge in [-0.1, -0.05) is 35.9 Å². The van der Waals surface area contributed by atoms with Gasteiger partial charge in [-0.15, -0.1) is 0 Å². The van der Waals surface area contributed by atoms with Crippen molar-refractivity contribution in [2.45, 2.75) is 20.5 Å². The van der Waals surface area contributed by atoms with Crippen LogP contribution in [-0.2, 0) is 6.61 Å². The molecule has 0 saturated heterocycles. The van der Waals surface area contributed by atoms with Crippen molar-refractivity contribution in [3.8, 4) is 5.75 Å². The van der Waals surface area contributed by atoms with Gasteiger partial charge in [-0.3, -0.25) is 0 Å². The van der Waals surface area contributed by atoms with Crippen LogP contribution in [0.25, 0.3) is 0 Å². The summed E-state index contributed by atoms with van der Waals surface area (Å²) >= 11 is 0. The van der Waals surface area contributed by atoms with E-state index < -0.39 is 5.97 Å². The zero-order chi connectivity index (χ0) is 13.8. The molecule has 0 unspecified atom stereocenters. The fourth-order valence-electron chi connectivity index (χ4n) is 1.86. The lowest BCUT2D eigenvalue weighted by molar-refractivity contribution is 0.0691. The summed E-state index contributed by atoms with van der Waals surface area (Å²) in [5, 5.41) is 9.16. The van der Waals surface area contributed by atoms with Crippen LogP contribution in [0.1, 0.15) is 27.0 Å². The van der Waals surface area contributed by atoms with Crippen LogP contribution in [0.3, 0.4) is 0 Å². The highest BCUT2D eigenvalue weighted by Gasteiger charge is 2.11. The first-order valence-corrected chi connectivity index (χ1v) is 6.09. The van der Waals surface area contributed by atoms with Gasteiger partial charge >= 0.3 is 5.97 Å². The summed E-state index contributed by atoms with van der Waals surface area (Å²) in [5.41, 5.74) is 3.29. The predicted molar refractivity (Wildman–Crippen MR) is 73.6 cm³/mol. The van der Waals surface area contributed by atoms with Gasteiger partial charge in [-0.05, 0) is 37.1 Å². The third-order valence-electron chi connectivity index (χ3n) is 3.01. The molecular formula is C16H16O3. The Bertz CT molecular complexity index is 603. The van der Waals surface area contributed by atoms with E-state index in [4.69, 9.17) is 9.84 Å². The quantitative estimate of drug-likeness (QED) is 0.909. The normalized spacial score (nSPS) is 10.2. The second kappa shape index (κ2) is 5.57. The Kier molecular flexibility index (Phi) is 3.85. The van der Waals surface area contributed by atoms with Gasteiger partial charge in [0.15, 0.2) is 0 Å². The van der Waals surface area contributed by atoms with Gasteiger partial charge in [0.1, 0.15) is 17.9 Å². The van der Waals surface area contributed by atoms with Crippen LogP contribution in [0.15, 0.2) is 42.5 Å². The number of aryl methyl sites for hydroxylation is 2. The maximum atomic E-state index is 11.2. The Hall–Kier alpha value is -2.29. The van der Waals surface area contributed by atoms with E-state index in [0.29, 0.717) is 12.4 Å². The molecule has 0 spiro atoms. The minimum Gasteiger partial charge on any atom is -0.488 e. The molecule has 19 heavy (non-hydrogen) atoms. The van der Waals surface area contributed by atoms with Crippen LogP contribution in [0.5, 0.6) is 5.75 Å². The van der Waals surface area contributed by atoms with E-state index in [1.165, 1.54) is 0 Å². The van der Waals surface area contributed by atoms with Gasteiger partial charge in [0, 0.05) is 0 Å². The number of aromatic carboxylic acids is 1. The second-order valence-corrected chi connectivity index (χ2v) is 4.52. The maximum absolute atomic E-state index is 11.2. The first-order chi connectivity index (χ1) is 9.08. The van der Waals surface area contributed by atoms with Crippen molar-refractivity contribution in [1.29, 1.82) is 0 Å². The van der Waals surface area contributed by atoms with Gasteiger partial charge in [0.25, 0.3) is 0 Å². The summed E-state index contributed by atoms with van der Waals surface area (Å²) in [6.07, 6.45) is 0. The molecule has 0 aliphatic rings. The Morgan fingerprint density at radius 2 is 1.89 bits per heavy atom. The molecule has 0 aromatic heterocycles. The molecule has 0 aliphatic carbocycles. The Morgan fingerprint density at radius 1 is 1.16 bits per heavy atom. The van der Waals surface area contributed by atoms with Crippen LogP contribution >= 0.6 is 0 Å². The van der Waals surface area contributed by atoms with E-state index >= 15 is 0 Å². The average Bonchev–Trinajstić information content (AvgIpc) is 2.38. The number of hydrogen-bond acceptors (Lipinski definition) is 2. The smallest absolute Gasteiger partial charge is 0.339 e. The molecule has 98 valence electrons. The molecule has 2 rings (SSSR count). The van der Waals surface area contributed by atoms with E-state index in [1.54, 1.807) is 12.1 Å². The summed E-state index contributed by atoms with van der Waals surface area (Å²) in [5.74, 6) is -0.565. The number of ether oxygens (including phenoxy) is 1. The summed E-state index contributed by atoms with van der Waals surface area (Å²) in [6.45, 7) is 4.24. The third-order valence-corrected chi connectivity index (χ3v) is 3.01. The molecule has 0 amide bonds. The lowest BCUT2D eigenvalue weighted by Crippen LogP contribution is -2.04. The van der Waals surface area contributed by atoms with Gasteiger partial charge in [0.05, 0.1) is 0 Å². The molecule has 0 fully saturated rings. The molecule has 0 aliphatic heterocycles. The van der Waals surface area contributed by atoms with Crippen molar-refractivity contribution in [2.24, 2.45) is 0 Å². The van der Waals surface area contributed by atoms with E-state index in [0.717, 1.165) is 16.7 Å². The molecule has 0 atom stereocenters. The minimum atomic E-state index is -0.969. The van der Waals surface area contributed by atoms with Crippen molar-refractivity contribution in [3.05, 3.63) is 64.7 Å². The lowest BCUT2D eigenvalue weighted by atomic mass is 10.1. The Balaban J connectivity index is 2.20. The fourth-order valence-corrected chi connectivity index (χ4v) is 1.86. The Labute approximate surface area is 112 Å². The molecule has 0 bridgehead atoms. The molecule has 3 heteroatoms. The van der Waals surface area contributed by atoms with Crippen LogP contribution < -0.4 is 4.74 Å². The molecule has 1 N–H and O–H groups in total. The largest absolute Gasteiger partial charge is 0.488 e. The highest BCUT2D eigenvalue weighted by molar-refractivity contribution is 5.91. The van der Waals surface area contributed by atoms with Gasteiger partial charge in [0.2, 0.25) is 0 Å². The van der Waals surface area contributed by atoms with Gasteiger partial charge < -0.3 is 9.84 Å². The fraction of sp³-hybridized carbons (Fsp3) is 0.188. The molecule has 2 aromatic rings. The number of benzene rings is 2. The zero-order valence-electron chi connectivity index (χ0n) is 11.0. The standard InChI is InChI=1S/C16H16O3/c1-11-7-8-15(14(9-11)16(17)18)19-10-13-6-4-3-5-12(13)2/h3-9H,10H2,1-2H3,(H,17,18). The van der Waals surface area contributed by atoms with Crippen LogP contribution in [0.2, 0.25) is 0 Å². The van der Waals surface area contributed by atoms with Crippen LogP contribution in [-0.4, -0.2) is 11.1 Å². The summed E-state index contributed by atoms with van der Waals surface area (Å²) < 4.78 is 5.64. The second-order valence-electron chi connectivity index (χ2n) is 4.52. The third kappa shape index (κ3) is 3.13. The monoisotopic (exact) mass is 256 g/mol. The van der Waals surface area contributed by atoms with Crippen molar-refractivity contribution >= 4 is 5.97 Å². The first-order valence-electron chi connectivity index (χ1n) is 6.09. The Morgan fingerprint density at radius 3 is 2.58 bits per heavy atom. The summed E-state index contributed by atoms with van der Waals surface area (Å²) in [7, 11) is 0. The van der Waals surface area contributed by atoms with E-state index in [9.17, 15) is 4.79 Å². The van der Waals surface area contributed by atoms with Crippen molar-refractivity contribution in [2.75, 3.05) is 0 Å². The van der Waals surface area contributed by atoms with Gasteiger partial charge in [-0.2, -0.15) is 0 Å². The number of rotatable bonds is 4. The van der Waals surface area contributed by atoms with E-state index in [2.05, 4.69) is 0 Å². The highest BCUT2D eigenvalue weighted by Crippen LogP contribution is 2.21. The molecule has 2 aromatic carbocycles. The SMILES string of the molecule is Cc1ccc(OCc2ccccc2C)c(C(=O)O)c1. The molecule has 0 saturated carbocycles. The van der Waals surface area contributed by atoms with E-state index in [-0.39, 0.29) is 5.56 Å². The zero-order valence-corrected chi connectivity index (χ0v) is 11.0. The molecule has 0 heterocycles. The van der Waals surface area contributed by atoms with Crippen molar-refractivity contribution in [1.82, 2.24) is 0 Å². The van der Waals surface area contributed by atoms with Crippen LogP contribution in [0.4, 0.5) is 0 Å². The van der Waals surface area contributed by atoms with Gasteiger partial charge in [-0.25, -0.2) is 4.79 Å².